The van der Waals surface area contributed by atoms with Crippen LogP contribution in [-0.2, 0) is 6.54 Å². The molecule has 0 aliphatic rings. The minimum atomic E-state index is -0.692. The van der Waals surface area contributed by atoms with E-state index in [1.807, 2.05) is 33.8 Å². The van der Waals surface area contributed by atoms with Crippen LogP contribution in [0.5, 0.6) is 0 Å². The van der Waals surface area contributed by atoms with Crippen LogP contribution in [0, 0.1) is 5.92 Å². The maximum absolute atomic E-state index is 12.1. The molecule has 4 heteroatoms. The van der Waals surface area contributed by atoms with Gasteiger partial charge in [-0.1, -0.05) is 27.7 Å². The number of nitrogens with zero attached hydrogens (tertiary/aromatic N) is 1. The van der Waals surface area contributed by atoms with Crippen LogP contribution in [0.25, 0.3) is 0 Å². The lowest BCUT2D eigenvalue weighted by Crippen LogP contribution is -2.29. The van der Waals surface area contributed by atoms with Gasteiger partial charge < -0.3 is 4.57 Å². The molecular weight excluding hydrogens is 238 g/mol. The first-order valence-corrected chi connectivity index (χ1v) is 6.16. The van der Waals surface area contributed by atoms with Crippen LogP contribution in [0.2, 0.25) is 0 Å². The molecule has 0 saturated heterocycles. The topological polar surface area (TPSA) is 39.1 Å². The number of hydrogen-bond acceptors (Lipinski definition) is 2. The van der Waals surface area contributed by atoms with Gasteiger partial charge in [-0.3, -0.25) is 9.59 Å². The third-order valence-electron chi connectivity index (χ3n) is 2.56. The van der Waals surface area contributed by atoms with Crippen LogP contribution in [0.4, 0.5) is 0 Å². The zero-order valence-electron chi connectivity index (χ0n) is 10.7. The molecule has 94 valence electrons. The van der Waals surface area contributed by atoms with Crippen LogP contribution in [0.3, 0.4) is 0 Å². The van der Waals surface area contributed by atoms with Gasteiger partial charge in [0.05, 0.1) is 5.56 Å². The van der Waals surface area contributed by atoms with Gasteiger partial charge in [0.25, 0.3) is 10.8 Å². The Balaban J connectivity index is 3.42. The molecule has 0 radical (unpaired) electrons. The van der Waals surface area contributed by atoms with E-state index in [0.717, 1.165) is 5.69 Å². The number of pyridine rings is 1. The molecule has 0 amide bonds. The summed E-state index contributed by atoms with van der Waals surface area (Å²) in [6.07, 6.45) is 0. The number of aromatic nitrogens is 1. The van der Waals surface area contributed by atoms with Crippen molar-refractivity contribution in [2.45, 2.75) is 40.2 Å². The van der Waals surface area contributed by atoms with Crippen molar-refractivity contribution in [1.82, 2.24) is 4.57 Å². The van der Waals surface area contributed by atoms with Gasteiger partial charge in [0, 0.05) is 12.2 Å². The highest BCUT2D eigenvalue weighted by atomic mass is 35.5. The van der Waals surface area contributed by atoms with Crippen LogP contribution >= 0.6 is 11.6 Å². The number of carbonyl (C=O) groups excluding carboxylic acids is 1. The Labute approximate surface area is 106 Å². The quantitative estimate of drug-likeness (QED) is 0.776. The second kappa shape index (κ2) is 5.50. The average molecular weight is 256 g/mol. The molecule has 0 N–H and O–H groups in total. The molecule has 0 atom stereocenters. The van der Waals surface area contributed by atoms with E-state index >= 15 is 0 Å². The predicted octanol–water partition coefficient (Wildman–Crippen LogP) is 3.01. The number of hydrogen-bond donors (Lipinski definition) is 0. The molecule has 0 bridgehead atoms. The fourth-order valence-electron chi connectivity index (χ4n) is 1.80. The second-order valence-corrected chi connectivity index (χ2v) is 5.25. The first kappa shape index (κ1) is 14.0. The lowest BCUT2D eigenvalue weighted by molar-refractivity contribution is 0.107. The fourth-order valence-corrected chi connectivity index (χ4v) is 1.94. The van der Waals surface area contributed by atoms with Gasteiger partial charge >= 0.3 is 0 Å². The summed E-state index contributed by atoms with van der Waals surface area (Å²) in [5.41, 5.74) is 0.701. The van der Waals surface area contributed by atoms with E-state index in [2.05, 4.69) is 0 Å². The van der Waals surface area contributed by atoms with Gasteiger partial charge in [-0.05, 0) is 35.6 Å². The Bertz CT molecular complexity index is 475. The Morgan fingerprint density at radius 2 is 1.88 bits per heavy atom. The monoisotopic (exact) mass is 255 g/mol. The number of carbonyl (C=O) groups is 1. The van der Waals surface area contributed by atoms with Crippen molar-refractivity contribution >= 4 is 16.8 Å². The summed E-state index contributed by atoms with van der Waals surface area (Å²) in [5.74, 6) is 0.576. The highest BCUT2D eigenvalue weighted by Gasteiger charge is 2.15. The molecule has 0 saturated carbocycles. The first-order chi connectivity index (χ1) is 7.84. The highest BCUT2D eigenvalue weighted by molar-refractivity contribution is 6.67. The number of halogens is 1. The van der Waals surface area contributed by atoms with Gasteiger partial charge in [0.2, 0.25) is 0 Å². The number of rotatable bonds is 4. The Kier molecular flexibility index (Phi) is 4.52. The largest absolute Gasteiger partial charge is 0.311 e. The fraction of sp³-hybridized carbons (Fsp3) is 0.538. The zero-order valence-corrected chi connectivity index (χ0v) is 11.4. The van der Waals surface area contributed by atoms with E-state index in [1.54, 1.807) is 4.57 Å². The van der Waals surface area contributed by atoms with Crippen molar-refractivity contribution < 1.29 is 4.79 Å². The smallest absolute Gasteiger partial charge is 0.262 e. The molecule has 17 heavy (non-hydrogen) atoms. The summed E-state index contributed by atoms with van der Waals surface area (Å²) < 4.78 is 1.66. The molecule has 0 unspecified atom stereocenters. The third-order valence-corrected chi connectivity index (χ3v) is 2.76. The molecule has 0 spiro atoms. The van der Waals surface area contributed by atoms with E-state index in [4.69, 9.17) is 11.6 Å². The molecule has 3 nitrogen and oxygen atoms in total. The molecule has 1 heterocycles. The predicted molar refractivity (Wildman–Crippen MR) is 69.8 cm³/mol. The SMILES string of the molecule is CC(C)Cn1c(C(C)C)ccc(C(=O)Cl)c1=O. The lowest BCUT2D eigenvalue weighted by atomic mass is 10.1. The van der Waals surface area contributed by atoms with E-state index < -0.39 is 5.24 Å². The second-order valence-electron chi connectivity index (χ2n) is 4.91. The van der Waals surface area contributed by atoms with Crippen LogP contribution < -0.4 is 5.56 Å². The van der Waals surface area contributed by atoms with Crippen molar-refractivity contribution in [2.75, 3.05) is 0 Å². The van der Waals surface area contributed by atoms with Crippen molar-refractivity contribution in [3.05, 3.63) is 33.7 Å². The Morgan fingerprint density at radius 3 is 2.29 bits per heavy atom. The normalized spacial score (nSPS) is 11.2. The summed E-state index contributed by atoms with van der Waals surface area (Å²) >= 11 is 5.40. The van der Waals surface area contributed by atoms with Gasteiger partial charge in [-0.15, -0.1) is 0 Å². The lowest BCUT2D eigenvalue weighted by Gasteiger charge is -2.18. The van der Waals surface area contributed by atoms with Gasteiger partial charge in [0.15, 0.2) is 0 Å². The summed E-state index contributed by atoms with van der Waals surface area (Å²) in [7, 11) is 0. The Hall–Kier alpha value is -1.09. The highest BCUT2D eigenvalue weighted by Crippen LogP contribution is 2.15. The van der Waals surface area contributed by atoms with Crippen LogP contribution in [0.1, 0.15) is 49.7 Å². The standard InChI is InChI=1S/C13H18ClNO2/c1-8(2)7-15-11(9(3)4)6-5-10(12(14)16)13(15)17/h5-6,8-9H,7H2,1-4H3. The maximum atomic E-state index is 12.1. The van der Waals surface area contributed by atoms with E-state index in [0.29, 0.717) is 12.5 Å². The summed E-state index contributed by atoms with van der Waals surface area (Å²) in [6.45, 7) is 8.71. The van der Waals surface area contributed by atoms with Crippen molar-refractivity contribution in [2.24, 2.45) is 5.92 Å². The summed E-state index contributed by atoms with van der Waals surface area (Å²) in [4.78, 5) is 23.3. The molecule has 0 aliphatic heterocycles. The van der Waals surface area contributed by atoms with Crippen molar-refractivity contribution in [1.29, 1.82) is 0 Å². The molecule has 1 rings (SSSR count). The average Bonchev–Trinajstić information content (AvgIpc) is 2.19. The van der Waals surface area contributed by atoms with E-state index in [-0.39, 0.29) is 17.0 Å². The molecule has 0 aliphatic carbocycles. The minimum Gasteiger partial charge on any atom is -0.311 e. The van der Waals surface area contributed by atoms with Crippen molar-refractivity contribution in [3.63, 3.8) is 0 Å². The van der Waals surface area contributed by atoms with Crippen LogP contribution in [-0.4, -0.2) is 9.81 Å². The molecule has 1 aromatic heterocycles. The van der Waals surface area contributed by atoms with Crippen LogP contribution in [0.15, 0.2) is 16.9 Å². The zero-order chi connectivity index (χ0) is 13.2. The molecule has 1 aromatic rings. The Morgan fingerprint density at radius 1 is 1.29 bits per heavy atom. The minimum absolute atomic E-state index is 0.0525. The van der Waals surface area contributed by atoms with Gasteiger partial charge in [-0.25, -0.2) is 0 Å². The molecule has 0 fully saturated rings. The van der Waals surface area contributed by atoms with E-state index in [9.17, 15) is 9.59 Å². The van der Waals surface area contributed by atoms with Crippen molar-refractivity contribution in [3.8, 4) is 0 Å². The van der Waals surface area contributed by atoms with Gasteiger partial charge in [-0.2, -0.15) is 0 Å². The summed E-state index contributed by atoms with van der Waals surface area (Å²) in [6, 6.07) is 3.33. The van der Waals surface area contributed by atoms with Gasteiger partial charge in [0.1, 0.15) is 0 Å². The van der Waals surface area contributed by atoms with E-state index in [1.165, 1.54) is 6.07 Å². The maximum Gasteiger partial charge on any atom is 0.262 e. The summed E-state index contributed by atoms with van der Waals surface area (Å²) in [5, 5.41) is -0.692. The first-order valence-electron chi connectivity index (χ1n) is 5.78. The molecule has 0 aromatic carbocycles. The molecular formula is C13H18ClNO2. The third kappa shape index (κ3) is 3.19.